The van der Waals surface area contributed by atoms with Crippen molar-refractivity contribution in [3.05, 3.63) is 169 Å². The van der Waals surface area contributed by atoms with Crippen LogP contribution in [-0.2, 0) is 0 Å². The van der Waals surface area contributed by atoms with Gasteiger partial charge in [-0.1, -0.05) is 139 Å². The van der Waals surface area contributed by atoms with E-state index in [4.69, 9.17) is 13.5 Å². The zero-order valence-electron chi connectivity index (χ0n) is 28.4. The number of imidazole rings is 1. The van der Waals surface area contributed by atoms with Gasteiger partial charge < -0.3 is 4.42 Å². The van der Waals surface area contributed by atoms with Crippen LogP contribution >= 0.6 is 0 Å². The summed E-state index contributed by atoms with van der Waals surface area (Å²) in [7, 11) is 0. The first-order valence-electron chi connectivity index (χ1n) is 17.2. The smallest absolute Gasteiger partial charge is 0.149 e. The third-order valence-corrected chi connectivity index (χ3v) is 8.95. The van der Waals surface area contributed by atoms with E-state index < -0.39 is 6.85 Å². The summed E-state index contributed by atoms with van der Waals surface area (Å²) in [6.45, 7) is -2.14. The van der Waals surface area contributed by atoms with Crippen molar-refractivity contribution in [2.24, 2.45) is 0 Å². The van der Waals surface area contributed by atoms with Crippen LogP contribution in [0.15, 0.2) is 168 Å². The Morgan fingerprint density at radius 3 is 1.89 bits per heavy atom. The van der Waals surface area contributed by atoms with Gasteiger partial charge in [0.1, 0.15) is 17.0 Å². The molecule has 0 atom stereocenters. The first-order valence-corrected chi connectivity index (χ1v) is 15.7. The topological polar surface area (TPSA) is 31.0 Å². The van der Waals surface area contributed by atoms with Gasteiger partial charge in [0.15, 0.2) is 0 Å². The van der Waals surface area contributed by atoms with Crippen molar-refractivity contribution in [1.82, 2.24) is 9.55 Å². The first-order chi connectivity index (χ1) is 24.4. The Kier molecular flexibility index (Phi) is 5.64. The summed E-state index contributed by atoms with van der Waals surface area (Å²) in [4.78, 5) is 5.30. The van der Waals surface area contributed by atoms with E-state index in [-0.39, 0.29) is 0 Å². The highest BCUT2D eigenvalue weighted by atomic mass is 16.3. The van der Waals surface area contributed by atoms with E-state index in [0.717, 1.165) is 83.4 Å². The SMILES string of the molecule is [2H]C([2H])([2H])c1ccc(-c2ccc3c(c2)oc2c(-c4nc5ccccc5n4-c4c(-c5ccccc5)cccc4-c4ccccc4)cccc23)cc1. The molecule has 2 heterocycles. The number of furan rings is 1. The lowest BCUT2D eigenvalue weighted by Gasteiger charge is -2.19. The van der Waals surface area contributed by atoms with Crippen LogP contribution in [0.5, 0.6) is 0 Å². The summed E-state index contributed by atoms with van der Waals surface area (Å²) in [6, 6.07) is 55.3. The summed E-state index contributed by atoms with van der Waals surface area (Å²) < 4.78 is 32.3. The van der Waals surface area contributed by atoms with Crippen LogP contribution in [-0.4, -0.2) is 9.55 Å². The van der Waals surface area contributed by atoms with Crippen LogP contribution in [0.1, 0.15) is 9.68 Å². The number of benzene rings is 7. The Morgan fingerprint density at radius 1 is 0.532 bits per heavy atom. The molecule has 3 nitrogen and oxygen atoms in total. The molecule has 0 spiro atoms. The largest absolute Gasteiger partial charge is 0.455 e. The van der Waals surface area contributed by atoms with Crippen LogP contribution < -0.4 is 0 Å². The molecule has 7 aromatic carbocycles. The molecule has 47 heavy (non-hydrogen) atoms. The fraction of sp³-hybridized carbons (Fsp3) is 0.0227. The van der Waals surface area contributed by atoms with Crippen LogP contribution in [0, 0.1) is 6.85 Å². The quantitative estimate of drug-likeness (QED) is 0.195. The maximum atomic E-state index is 7.74. The van der Waals surface area contributed by atoms with E-state index in [0.29, 0.717) is 5.56 Å². The average Bonchev–Trinajstić information content (AvgIpc) is 3.73. The van der Waals surface area contributed by atoms with E-state index in [1.807, 2.05) is 36.4 Å². The standard InChI is InChI=1S/C44H30N2O/c1-29-22-24-30(25-23-29)33-26-27-36-37-18-11-19-38(43(37)47-41(36)28-33)44-45-39-20-8-9-21-40(39)46(44)42-34(31-12-4-2-5-13-31)16-10-17-35(42)32-14-6-3-7-15-32/h2-28H,1H3/i1D3. The highest BCUT2D eigenvalue weighted by molar-refractivity contribution is 6.10. The first kappa shape index (κ1) is 24.1. The third kappa shape index (κ3) is 4.55. The Hall–Kier alpha value is -6.19. The van der Waals surface area contributed by atoms with Gasteiger partial charge in [0.25, 0.3) is 0 Å². The van der Waals surface area contributed by atoms with Crippen molar-refractivity contribution in [2.75, 3.05) is 0 Å². The van der Waals surface area contributed by atoms with E-state index in [1.54, 1.807) is 12.1 Å². The molecule has 0 N–H and O–H groups in total. The van der Waals surface area contributed by atoms with Crippen molar-refractivity contribution in [2.45, 2.75) is 6.85 Å². The predicted octanol–water partition coefficient (Wildman–Crippen LogP) is 11.9. The van der Waals surface area contributed by atoms with Crippen LogP contribution in [0.2, 0.25) is 0 Å². The number of hydrogen-bond donors (Lipinski definition) is 0. The van der Waals surface area contributed by atoms with Gasteiger partial charge in [-0.25, -0.2) is 4.98 Å². The van der Waals surface area contributed by atoms with Crippen molar-refractivity contribution in [3.63, 3.8) is 0 Å². The Morgan fingerprint density at radius 2 is 1.17 bits per heavy atom. The molecule has 0 radical (unpaired) electrons. The molecule has 0 aliphatic rings. The zero-order valence-corrected chi connectivity index (χ0v) is 25.4. The van der Waals surface area contributed by atoms with Crippen LogP contribution in [0.25, 0.3) is 83.4 Å². The van der Waals surface area contributed by atoms with E-state index in [2.05, 4.69) is 120 Å². The number of aromatic nitrogens is 2. The minimum Gasteiger partial charge on any atom is -0.455 e. The minimum atomic E-state index is -2.14. The second kappa shape index (κ2) is 11.0. The van der Waals surface area contributed by atoms with E-state index in [1.165, 1.54) is 0 Å². The average molecular weight is 606 g/mol. The second-order valence-corrected chi connectivity index (χ2v) is 11.8. The number of aryl methyl sites for hydroxylation is 1. The number of nitrogens with zero attached hydrogens (tertiary/aromatic N) is 2. The minimum absolute atomic E-state index is 0.322. The third-order valence-electron chi connectivity index (χ3n) is 8.95. The van der Waals surface area contributed by atoms with Crippen molar-refractivity contribution in [3.8, 4) is 50.5 Å². The summed E-state index contributed by atoms with van der Waals surface area (Å²) >= 11 is 0. The molecule has 0 aliphatic heterocycles. The molecule has 222 valence electrons. The monoisotopic (exact) mass is 605 g/mol. The molecule has 9 rings (SSSR count). The molecule has 0 fully saturated rings. The highest BCUT2D eigenvalue weighted by Gasteiger charge is 2.23. The molecule has 0 saturated heterocycles. The summed E-state index contributed by atoms with van der Waals surface area (Å²) in [5, 5.41) is 2.00. The molecule has 2 aromatic heterocycles. The molecule has 0 saturated carbocycles. The maximum Gasteiger partial charge on any atom is 0.149 e. The number of fused-ring (bicyclic) bond motifs is 4. The van der Waals surface area contributed by atoms with Crippen LogP contribution in [0.3, 0.4) is 0 Å². The summed E-state index contributed by atoms with van der Waals surface area (Å²) in [6.07, 6.45) is 0. The molecule has 0 unspecified atom stereocenters. The Bertz CT molecular complexity index is 2610. The van der Waals surface area contributed by atoms with Gasteiger partial charge in [-0.15, -0.1) is 0 Å². The normalized spacial score (nSPS) is 12.7. The number of para-hydroxylation sites is 4. The fourth-order valence-electron chi connectivity index (χ4n) is 6.74. The zero-order chi connectivity index (χ0) is 33.8. The van der Waals surface area contributed by atoms with E-state index in [9.17, 15) is 0 Å². The van der Waals surface area contributed by atoms with Gasteiger partial charge >= 0.3 is 0 Å². The van der Waals surface area contributed by atoms with Gasteiger partial charge in [-0.3, -0.25) is 4.57 Å². The molecule has 0 bridgehead atoms. The Labute approximate surface area is 277 Å². The maximum absolute atomic E-state index is 7.74. The molecule has 9 aromatic rings. The molecule has 0 amide bonds. The number of hydrogen-bond acceptors (Lipinski definition) is 2. The van der Waals surface area contributed by atoms with E-state index >= 15 is 0 Å². The van der Waals surface area contributed by atoms with Gasteiger partial charge in [0.05, 0.1) is 22.3 Å². The van der Waals surface area contributed by atoms with Gasteiger partial charge in [0, 0.05) is 26.0 Å². The summed E-state index contributed by atoms with van der Waals surface area (Å²) in [5.41, 5.74) is 12.0. The molecular weight excluding hydrogens is 572 g/mol. The number of rotatable bonds is 5. The van der Waals surface area contributed by atoms with Crippen LogP contribution in [0.4, 0.5) is 0 Å². The van der Waals surface area contributed by atoms with Crippen molar-refractivity contribution >= 4 is 33.0 Å². The lowest BCUT2D eigenvalue weighted by Crippen LogP contribution is -2.03. The second-order valence-electron chi connectivity index (χ2n) is 11.8. The fourth-order valence-corrected chi connectivity index (χ4v) is 6.74. The predicted molar refractivity (Wildman–Crippen MR) is 195 cm³/mol. The lowest BCUT2D eigenvalue weighted by atomic mass is 9.95. The molecule has 3 heteroatoms. The molecule has 0 aliphatic carbocycles. The van der Waals surface area contributed by atoms with Crippen molar-refractivity contribution < 1.29 is 8.53 Å². The Balaban J connectivity index is 1.29. The van der Waals surface area contributed by atoms with Crippen molar-refractivity contribution in [1.29, 1.82) is 0 Å². The van der Waals surface area contributed by atoms with Gasteiger partial charge in [0.2, 0.25) is 0 Å². The van der Waals surface area contributed by atoms with Gasteiger partial charge in [-0.05, 0) is 59.4 Å². The lowest BCUT2D eigenvalue weighted by molar-refractivity contribution is 0.669. The van der Waals surface area contributed by atoms with Gasteiger partial charge in [-0.2, -0.15) is 0 Å². The highest BCUT2D eigenvalue weighted by Crippen LogP contribution is 2.43. The molecular formula is C44H30N2O. The summed E-state index contributed by atoms with van der Waals surface area (Å²) in [5.74, 6) is 0.789.